The molecular weight excluding hydrogens is 478 g/mol. The van der Waals surface area contributed by atoms with Crippen LogP contribution in [0.25, 0.3) is 11.0 Å². The molecule has 37 heavy (non-hydrogen) atoms. The fraction of sp³-hybridized carbons (Fsp3) is 0.556. The third-order valence-corrected chi connectivity index (χ3v) is 7.60. The number of nitrogens with zero attached hydrogens (tertiary/aromatic N) is 1. The molecule has 0 radical (unpaired) electrons. The highest BCUT2D eigenvalue weighted by atomic mass is 16.5. The topological polar surface area (TPSA) is 138 Å². The van der Waals surface area contributed by atoms with Gasteiger partial charge >= 0.3 is 5.63 Å². The largest absolute Gasteiger partial charge is 0.483 e. The summed E-state index contributed by atoms with van der Waals surface area (Å²) in [6, 6.07) is 4.98. The van der Waals surface area contributed by atoms with Crippen LogP contribution in [0.4, 0.5) is 0 Å². The number of hydrogen-bond donors (Lipinski definition) is 3. The van der Waals surface area contributed by atoms with Crippen LogP contribution >= 0.6 is 0 Å². The van der Waals surface area contributed by atoms with Crippen LogP contribution in [-0.2, 0) is 20.8 Å². The van der Waals surface area contributed by atoms with E-state index < -0.39 is 23.0 Å². The molecule has 1 aliphatic carbocycles. The van der Waals surface area contributed by atoms with Crippen molar-refractivity contribution in [3.63, 3.8) is 0 Å². The van der Waals surface area contributed by atoms with E-state index in [9.17, 15) is 24.3 Å². The average molecular weight is 514 g/mol. The van der Waals surface area contributed by atoms with Crippen molar-refractivity contribution in [2.45, 2.75) is 58.0 Å². The lowest BCUT2D eigenvalue weighted by molar-refractivity contribution is -0.143. The zero-order valence-corrected chi connectivity index (χ0v) is 21.4. The first-order valence-electron chi connectivity index (χ1n) is 12.9. The van der Waals surface area contributed by atoms with Crippen LogP contribution in [0.2, 0.25) is 0 Å². The highest BCUT2D eigenvalue weighted by Gasteiger charge is 2.43. The average Bonchev–Trinajstić information content (AvgIpc) is 2.89. The maximum Gasteiger partial charge on any atom is 0.336 e. The Kier molecular flexibility index (Phi) is 8.16. The summed E-state index contributed by atoms with van der Waals surface area (Å²) in [5.41, 5.74) is 0.801. The first-order valence-corrected chi connectivity index (χ1v) is 12.9. The highest BCUT2D eigenvalue weighted by Crippen LogP contribution is 2.39. The molecule has 4 rings (SSSR count). The molecule has 2 aromatic rings. The summed E-state index contributed by atoms with van der Waals surface area (Å²) in [7, 11) is 0. The molecule has 3 N–H and O–H groups in total. The smallest absolute Gasteiger partial charge is 0.336 e. The molecule has 2 aliphatic rings. The Morgan fingerprint density at radius 1 is 1.16 bits per heavy atom. The molecule has 1 saturated heterocycles. The van der Waals surface area contributed by atoms with Gasteiger partial charge in [-0.2, -0.15) is 0 Å². The lowest BCUT2D eigenvalue weighted by atomic mass is 9.71. The predicted octanol–water partition coefficient (Wildman–Crippen LogP) is 1.43. The number of carbonyl (C=O) groups is 3. The van der Waals surface area contributed by atoms with E-state index in [0.29, 0.717) is 42.8 Å². The van der Waals surface area contributed by atoms with Gasteiger partial charge in [-0.1, -0.05) is 19.8 Å². The van der Waals surface area contributed by atoms with Gasteiger partial charge in [0.15, 0.2) is 6.61 Å². The molecule has 2 fully saturated rings. The summed E-state index contributed by atoms with van der Waals surface area (Å²) < 4.78 is 10.9. The van der Waals surface area contributed by atoms with Crippen molar-refractivity contribution in [2.75, 3.05) is 32.8 Å². The highest BCUT2D eigenvalue weighted by molar-refractivity contribution is 5.89. The minimum Gasteiger partial charge on any atom is -0.483 e. The Hall–Kier alpha value is -3.40. The molecule has 1 aliphatic heterocycles. The summed E-state index contributed by atoms with van der Waals surface area (Å²) >= 11 is 0. The van der Waals surface area contributed by atoms with Crippen molar-refractivity contribution in [3.05, 3.63) is 39.7 Å². The van der Waals surface area contributed by atoms with Gasteiger partial charge in [0.1, 0.15) is 11.3 Å². The van der Waals surface area contributed by atoms with E-state index in [2.05, 4.69) is 10.6 Å². The number of benzene rings is 1. The molecule has 1 aromatic heterocycles. The number of aliphatic hydroxyl groups is 1. The number of rotatable bonds is 8. The van der Waals surface area contributed by atoms with Gasteiger partial charge in [-0.25, -0.2) is 4.79 Å². The van der Waals surface area contributed by atoms with Crippen LogP contribution < -0.4 is 21.0 Å². The number of hydrogen-bond acceptors (Lipinski definition) is 7. The van der Waals surface area contributed by atoms with Crippen LogP contribution in [0.15, 0.2) is 27.4 Å². The minimum atomic E-state index is -0.664. The Morgan fingerprint density at radius 2 is 1.95 bits per heavy atom. The molecule has 1 aromatic carbocycles. The molecule has 10 heteroatoms. The van der Waals surface area contributed by atoms with Gasteiger partial charge in [-0.3, -0.25) is 14.4 Å². The first kappa shape index (κ1) is 26.7. The number of nitrogens with one attached hydrogen (secondary N) is 2. The number of amides is 3. The second-order valence-electron chi connectivity index (χ2n) is 9.99. The number of fused-ring (bicyclic) bond motifs is 2. The molecule has 1 saturated carbocycles. The monoisotopic (exact) mass is 513 g/mol. The molecule has 3 amide bonds. The van der Waals surface area contributed by atoms with E-state index in [1.165, 1.54) is 6.07 Å². The summed E-state index contributed by atoms with van der Waals surface area (Å²) in [5.74, 6) is -0.688. The van der Waals surface area contributed by atoms with E-state index in [1.807, 2.05) is 6.92 Å². The number of likely N-dealkylation sites (tertiary alicyclic amines) is 1. The van der Waals surface area contributed by atoms with Crippen LogP contribution in [0.3, 0.4) is 0 Å². The maximum atomic E-state index is 12.6. The maximum absolute atomic E-state index is 12.6. The Morgan fingerprint density at radius 3 is 2.73 bits per heavy atom. The standard InChI is InChI=1S/C27H35N3O7/c1-3-18-12-25(34)37-26-17(2)21(8-7-20(18)26)36-16-23(32)28-13-22(31)29-14-24(33)30-11-10-27(35)9-5-4-6-19(27)15-30/h7-8,12,19,35H,3-6,9-11,13-16H2,1-2H3,(H,28,32)(H,29,31)/t19-,27+/m0/s1. The van der Waals surface area contributed by atoms with E-state index in [4.69, 9.17) is 9.15 Å². The van der Waals surface area contributed by atoms with Gasteiger partial charge in [0, 0.05) is 36.0 Å². The van der Waals surface area contributed by atoms with E-state index in [1.54, 1.807) is 24.0 Å². The van der Waals surface area contributed by atoms with Crippen molar-refractivity contribution < 1.29 is 28.6 Å². The lowest BCUT2D eigenvalue weighted by Crippen LogP contribution is -2.56. The SMILES string of the molecule is CCc1cc(=O)oc2c(C)c(OCC(=O)NCC(=O)NCC(=O)N3CC[C@]4(O)CCCC[C@H]4C3)ccc12. The Labute approximate surface area is 215 Å². The zero-order valence-electron chi connectivity index (χ0n) is 21.4. The van der Waals surface area contributed by atoms with Crippen molar-refractivity contribution in [2.24, 2.45) is 5.92 Å². The summed E-state index contributed by atoms with van der Waals surface area (Å²) in [5, 5.41) is 16.6. The van der Waals surface area contributed by atoms with Crippen molar-refractivity contribution in [1.82, 2.24) is 15.5 Å². The summed E-state index contributed by atoms with van der Waals surface area (Å²) in [6.07, 6.45) is 5.03. The molecule has 2 atom stereocenters. The van der Waals surface area contributed by atoms with Gasteiger partial charge in [-0.05, 0) is 50.3 Å². The normalized spacial score (nSPS) is 21.3. The fourth-order valence-electron chi connectivity index (χ4n) is 5.38. The first-order chi connectivity index (χ1) is 17.7. The Balaban J connectivity index is 1.21. The third-order valence-electron chi connectivity index (χ3n) is 7.60. The van der Waals surface area contributed by atoms with Gasteiger partial charge in [0.2, 0.25) is 11.8 Å². The second kappa shape index (κ2) is 11.3. The number of ether oxygens (including phenoxy) is 1. The van der Waals surface area contributed by atoms with Crippen LogP contribution in [0, 0.1) is 12.8 Å². The molecule has 10 nitrogen and oxygen atoms in total. The second-order valence-corrected chi connectivity index (χ2v) is 9.99. The fourth-order valence-corrected chi connectivity index (χ4v) is 5.38. The lowest BCUT2D eigenvalue weighted by Gasteiger charge is -2.47. The van der Waals surface area contributed by atoms with E-state index in [0.717, 1.165) is 36.6 Å². The number of aryl methyl sites for hydroxylation is 2. The molecule has 0 bridgehead atoms. The number of carbonyl (C=O) groups excluding carboxylic acids is 3. The molecule has 200 valence electrons. The molecule has 0 spiro atoms. The van der Waals surface area contributed by atoms with Crippen LogP contribution in [-0.4, -0.2) is 66.1 Å². The van der Waals surface area contributed by atoms with Gasteiger partial charge in [-0.15, -0.1) is 0 Å². The van der Waals surface area contributed by atoms with Crippen LogP contribution in [0.1, 0.15) is 50.2 Å². The van der Waals surface area contributed by atoms with Gasteiger partial charge in [0.25, 0.3) is 5.91 Å². The van der Waals surface area contributed by atoms with Crippen LogP contribution in [0.5, 0.6) is 5.75 Å². The number of piperidine rings is 1. The minimum absolute atomic E-state index is 0.0879. The van der Waals surface area contributed by atoms with Crippen molar-refractivity contribution in [3.8, 4) is 5.75 Å². The summed E-state index contributed by atoms with van der Waals surface area (Å²) in [6.45, 7) is 3.92. The molecular formula is C27H35N3O7. The predicted molar refractivity (Wildman–Crippen MR) is 136 cm³/mol. The van der Waals surface area contributed by atoms with Gasteiger partial charge in [0.05, 0.1) is 18.7 Å². The molecule has 2 heterocycles. The zero-order chi connectivity index (χ0) is 26.6. The van der Waals surface area contributed by atoms with Crippen molar-refractivity contribution >= 4 is 28.7 Å². The van der Waals surface area contributed by atoms with Gasteiger partial charge < -0.3 is 29.8 Å². The quantitative estimate of drug-likeness (QED) is 0.454. The third kappa shape index (κ3) is 6.12. The molecule has 0 unspecified atom stereocenters. The summed E-state index contributed by atoms with van der Waals surface area (Å²) in [4.78, 5) is 50.5. The Bertz CT molecular complexity index is 1240. The van der Waals surface area contributed by atoms with E-state index in [-0.39, 0.29) is 31.5 Å². The van der Waals surface area contributed by atoms with E-state index >= 15 is 0 Å². The van der Waals surface area contributed by atoms with Crippen molar-refractivity contribution in [1.29, 1.82) is 0 Å².